The van der Waals surface area contributed by atoms with E-state index in [1.54, 1.807) is 24.3 Å². The highest BCUT2D eigenvalue weighted by Crippen LogP contribution is 2.10. The molecule has 0 aliphatic rings. The van der Waals surface area contributed by atoms with E-state index in [1.807, 2.05) is 18.2 Å². The maximum Gasteiger partial charge on any atom is 0.248 e. The lowest BCUT2D eigenvalue weighted by Crippen LogP contribution is -2.07. The summed E-state index contributed by atoms with van der Waals surface area (Å²) in [5.41, 5.74) is 0.723. The van der Waals surface area contributed by atoms with Crippen LogP contribution >= 0.6 is 0 Å². The van der Waals surface area contributed by atoms with E-state index in [2.05, 4.69) is 5.32 Å². The van der Waals surface area contributed by atoms with Crippen LogP contribution in [0.2, 0.25) is 0 Å². The fourth-order valence-corrected chi connectivity index (χ4v) is 1.49. The number of para-hydroxylation sites is 1. The first-order valence-corrected chi connectivity index (χ1v) is 5.80. The molecule has 96 valence electrons. The Morgan fingerprint density at radius 3 is 2.47 bits per heavy atom. The lowest BCUT2D eigenvalue weighted by atomic mass is 10.3. The zero-order chi connectivity index (χ0) is 13.7. The number of benzene rings is 1. The SMILES string of the molecule is CC(=O)c1ccc(C=CC(=O)Nc2ccccc2)o1. The average molecular weight is 255 g/mol. The topological polar surface area (TPSA) is 59.3 Å². The van der Waals surface area contributed by atoms with Gasteiger partial charge in [-0.05, 0) is 30.3 Å². The normalized spacial score (nSPS) is 10.6. The number of amides is 1. The van der Waals surface area contributed by atoms with Crippen molar-refractivity contribution in [1.82, 2.24) is 0 Å². The molecule has 4 nitrogen and oxygen atoms in total. The Morgan fingerprint density at radius 1 is 1.11 bits per heavy atom. The predicted octanol–water partition coefficient (Wildman–Crippen LogP) is 3.13. The van der Waals surface area contributed by atoms with Gasteiger partial charge in [0, 0.05) is 18.7 Å². The van der Waals surface area contributed by atoms with Crippen molar-refractivity contribution in [2.24, 2.45) is 0 Å². The molecule has 2 rings (SSSR count). The molecule has 0 saturated carbocycles. The fourth-order valence-electron chi connectivity index (χ4n) is 1.49. The highest BCUT2D eigenvalue weighted by molar-refractivity contribution is 6.01. The highest BCUT2D eigenvalue weighted by Gasteiger charge is 2.04. The second kappa shape index (κ2) is 5.82. The molecule has 1 heterocycles. The molecule has 1 N–H and O–H groups in total. The van der Waals surface area contributed by atoms with Gasteiger partial charge < -0.3 is 9.73 Å². The van der Waals surface area contributed by atoms with Crippen LogP contribution < -0.4 is 5.32 Å². The van der Waals surface area contributed by atoms with Gasteiger partial charge in [0.05, 0.1) is 0 Å². The van der Waals surface area contributed by atoms with Crippen molar-refractivity contribution in [3.63, 3.8) is 0 Å². The second-order valence-electron chi connectivity index (χ2n) is 3.95. The summed E-state index contributed by atoms with van der Waals surface area (Å²) in [6.45, 7) is 1.43. The van der Waals surface area contributed by atoms with Crippen LogP contribution in [0.25, 0.3) is 6.08 Å². The molecule has 0 aliphatic carbocycles. The van der Waals surface area contributed by atoms with Gasteiger partial charge >= 0.3 is 0 Å². The molecule has 0 saturated heterocycles. The third-order valence-corrected chi connectivity index (χ3v) is 2.41. The van der Waals surface area contributed by atoms with Crippen LogP contribution in [-0.2, 0) is 4.79 Å². The van der Waals surface area contributed by atoms with Gasteiger partial charge in [0.1, 0.15) is 5.76 Å². The van der Waals surface area contributed by atoms with Gasteiger partial charge in [-0.25, -0.2) is 0 Å². The maximum atomic E-state index is 11.6. The first-order chi connectivity index (χ1) is 9.15. The van der Waals surface area contributed by atoms with Crippen molar-refractivity contribution in [2.75, 3.05) is 5.32 Å². The van der Waals surface area contributed by atoms with Crippen LogP contribution in [0.5, 0.6) is 0 Å². The Kier molecular flexibility index (Phi) is 3.93. The Hall–Kier alpha value is -2.62. The largest absolute Gasteiger partial charge is 0.454 e. The summed E-state index contributed by atoms with van der Waals surface area (Å²) >= 11 is 0. The Morgan fingerprint density at radius 2 is 1.84 bits per heavy atom. The minimum atomic E-state index is -0.257. The van der Waals surface area contributed by atoms with E-state index < -0.39 is 0 Å². The van der Waals surface area contributed by atoms with Gasteiger partial charge in [0.15, 0.2) is 11.5 Å². The first-order valence-electron chi connectivity index (χ1n) is 5.80. The molecule has 0 fully saturated rings. The molecule has 0 radical (unpaired) electrons. The number of carbonyl (C=O) groups is 2. The van der Waals surface area contributed by atoms with Crippen LogP contribution in [0.1, 0.15) is 23.2 Å². The average Bonchev–Trinajstić information content (AvgIpc) is 2.86. The summed E-state index contributed by atoms with van der Waals surface area (Å²) in [5, 5.41) is 2.71. The van der Waals surface area contributed by atoms with Gasteiger partial charge in [-0.3, -0.25) is 9.59 Å². The molecule has 0 bridgehead atoms. The fraction of sp³-hybridized carbons (Fsp3) is 0.0667. The first kappa shape index (κ1) is 12.8. The lowest BCUT2D eigenvalue weighted by Gasteiger charge is -1.99. The number of furan rings is 1. The van der Waals surface area contributed by atoms with E-state index in [9.17, 15) is 9.59 Å². The van der Waals surface area contributed by atoms with Gasteiger partial charge in [-0.15, -0.1) is 0 Å². The van der Waals surface area contributed by atoms with Crippen molar-refractivity contribution >= 4 is 23.5 Å². The maximum absolute atomic E-state index is 11.6. The van der Waals surface area contributed by atoms with E-state index in [0.717, 1.165) is 5.69 Å². The van der Waals surface area contributed by atoms with E-state index in [4.69, 9.17) is 4.42 Å². The third-order valence-electron chi connectivity index (χ3n) is 2.41. The van der Waals surface area contributed by atoms with Gasteiger partial charge in [-0.1, -0.05) is 18.2 Å². The number of nitrogens with one attached hydrogen (secondary N) is 1. The number of ketones is 1. The van der Waals surface area contributed by atoms with Crippen LogP contribution in [0, 0.1) is 0 Å². The number of hydrogen-bond donors (Lipinski definition) is 1. The van der Waals surface area contributed by atoms with Crippen molar-refractivity contribution in [3.8, 4) is 0 Å². The summed E-state index contributed by atoms with van der Waals surface area (Å²) in [6.07, 6.45) is 2.88. The molecule has 0 spiro atoms. The molecule has 2 aromatic rings. The van der Waals surface area contributed by atoms with Gasteiger partial charge in [0.2, 0.25) is 5.91 Å². The highest BCUT2D eigenvalue weighted by atomic mass is 16.3. The van der Waals surface area contributed by atoms with E-state index in [1.165, 1.54) is 19.1 Å². The van der Waals surface area contributed by atoms with Gasteiger partial charge in [0.25, 0.3) is 0 Å². The van der Waals surface area contributed by atoms with Crippen molar-refractivity contribution < 1.29 is 14.0 Å². The Bertz CT molecular complexity index is 611. The zero-order valence-corrected chi connectivity index (χ0v) is 10.4. The molecule has 0 aliphatic heterocycles. The third kappa shape index (κ3) is 3.67. The summed E-state index contributed by atoms with van der Waals surface area (Å²) in [5.74, 6) is 0.344. The van der Waals surface area contributed by atoms with Crippen molar-refractivity contribution in [2.45, 2.75) is 6.92 Å². The second-order valence-corrected chi connectivity index (χ2v) is 3.95. The van der Waals surface area contributed by atoms with Crippen LogP contribution in [0.15, 0.2) is 53.0 Å². The van der Waals surface area contributed by atoms with Crippen LogP contribution in [0.4, 0.5) is 5.69 Å². The Labute approximate surface area is 110 Å². The van der Waals surface area contributed by atoms with Crippen LogP contribution in [-0.4, -0.2) is 11.7 Å². The molecule has 1 aromatic heterocycles. The number of anilines is 1. The summed E-state index contributed by atoms with van der Waals surface area (Å²) < 4.78 is 5.23. The zero-order valence-electron chi connectivity index (χ0n) is 10.4. The smallest absolute Gasteiger partial charge is 0.248 e. The monoisotopic (exact) mass is 255 g/mol. The number of hydrogen-bond acceptors (Lipinski definition) is 3. The minimum Gasteiger partial charge on any atom is -0.454 e. The number of Topliss-reactive ketones (excluding diaryl/α,β-unsaturated/α-hetero) is 1. The molecule has 4 heteroatoms. The molecule has 19 heavy (non-hydrogen) atoms. The molecule has 0 atom stereocenters. The number of carbonyl (C=O) groups excluding carboxylic acids is 2. The van der Waals surface area contributed by atoms with Crippen LogP contribution in [0.3, 0.4) is 0 Å². The van der Waals surface area contributed by atoms with Gasteiger partial charge in [-0.2, -0.15) is 0 Å². The van der Waals surface area contributed by atoms with Crippen molar-refractivity contribution in [3.05, 3.63) is 60.1 Å². The molecular formula is C15H13NO3. The predicted molar refractivity (Wildman–Crippen MR) is 72.8 cm³/mol. The standard InChI is InChI=1S/C15H13NO3/c1-11(17)14-9-7-13(19-14)8-10-15(18)16-12-5-3-2-4-6-12/h2-10H,1H3,(H,16,18). The van der Waals surface area contributed by atoms with E-state index in [-0.39, 0.29) is 17.5 Å². The molecular weight excluding hydrogens is 242 g/mol. The molecule has 1 aromatic carbocycles. The lowest BCUT2D eigenvalue weighted by molar-refractivity contribution is -0.111. The summed E-state index contributed by atoms with van der Waals surface area (Å²) in [4.78, 5) is 22.7. The van der Waals surface area contributed by atoms with E-state index >= 15 is 0 Å². The number of rotatable bonds is 4. The quantitative estimate of drug-likeness (QED) is 0.674. The Balaban J connectivity index is 1.98. The summed E-state index contributed by atoms with van der Waals surface area (Å²) in [6, 6.07) is 12.4. The molecule has 0 unspecified atom stereocenters. The molecule has 1 amide bonds. The van der Waals surface area contributed by atoms with E-state index in [0.29, 0.717) is 5.76 Å². The summed E-state index contributed by atoms with van der Waals surface area (Å²) in [7, 11) is 0. The van der Waals surface area contributed by atoms with Crippen molar-refractivity contribution in [1.29, 1.82) is 0 Å². The minimum absolute atomic E-state index is 0.145.